The lowest BCUT2D eigenvalue weighted by molar-refractivity contribution is -0.147. The third kappa shape index (κ3) is 3.51. The lowest BCUT2D eigenvalue weighted by Crippen LogP contribution is -2.34. The van der Waals surface area contributed by atoms with Crippen LogP contribution >= 0.6 is 15.9 Å². The molecule has 82 valence electrons. The molecule has 1 N–H and O–H groups in total. The second kappa shape index (κ2) is 5.11. The van der Waals surface area contributed by atoms with Crippen molar-refractivity contribution >= 4 is 21.9 Å². The maximum Gasteiger partial charge on any atom is 0.348 e. The number of halogens is 2. The average molecular weight is 277 g/mol. The number of carboxylic acids is 1. The molecule has 0 saturated carbocycles. The van der Waals surface area contributed by atoms with Crippen LogP contribution in [0, 0.1) is 0 Å². The molecule has 3 nitrogen and oxygen atoms in total. The van der Waals surface area contributed by atoms with Crippen molar-refractivity contribution in [1.82, 2.24) is 0 Å². The van der Waals surface area contributed by atoms with Gasteiger partial charge in [-0.3, -0.25) is 0 Å². The van der Waals surface area contributed by atoms with E-state index in [1.807, 2.05) is 0 Å². The number of aliphatic carboxylic acids is 1. The molecule has 15 heavy (non-hydrogen) atoms. The fourth-order valence-corrected chi connectivity index (χ4v) is 1.26. The molecule has 2 atom stereocenters. The molecule has 1 rings (SSSR count). The van der Waals surface area contributed by atoms with Crippen molar-refractivity contribution < 1.29 is 19.0 Å². The fraction of sp³-hybridized carbons (Fsp3) is 0.300. The molecule has 0 heterocycles. The van der Waals surface area contributed by atoms with Gasteiger partial charge in [0.25, 0.3) is 0 Å². The zero-order valence-corrected chi connectivity index (χ0v) is 9.57. The fourth-order valence-electron chi connectivity index (χ4n) is 1.00. The predicted molar refractivity (Wildman–Crippen MR) is 56.8 cm³/mol. The van der Waals surface area contributed by atoms with Crippen molar-refractivity contribution in [2.45, 2.75) is 19.2 Å². The summed E-state index contributed by atoms with van der Waals surface area (Å²) in [5, 5.41) is 8.69. The van der Waals surface area contributed by atoms with Crippen LogP contribution in [0.2, 0.25) is 0 Å². The summed E-state index contributed by atoms with van der Waals surface area (Å²) in [4.78, 5) is 10.6. The third-order valence-electron chi connectivity index (χ3n) is 1.74. The molecule has 2 unspecified atom stereocenters. The Hall–Kier alpha value is -1.10. The van der Waals surface area contributed by atoms with Crippen LogP contribution in [-0.2, 0) is 4.79 Å². The van der Waals surface area contributed by atoms with Crippen molar-refractivity contribution in [3.8, 4) is 5.75 Å². The number of hydrogen-bond acceptors (Lipinski definition) is 2. The van der Waals surface area contributed by atoms with E-state index in [9.17, 15) is 9.18 Å². The Morgan fingerprint density at radius 2 is 2.00 bits per heavy atom. The van der Waals surface area contributed by atoms with Crippen LogP contribution in [-0.4, -0.2) is 23.4 Å². The first kappa shape index (κ1) is 12.0. The third-order valence-corrected chi connectivity index (χ3v) is 2.27. The van der Waals surface area contributed by atoms with Gasteiger partial charge in [-0.25, -0.2) is 9.18 Å². The van der Waals surface area contributed by atoms with Gasteiger partial charge in [0, 0.05) is 4.47 Å². The molecule has 0 aliphatic rings. The molecular formula is C10H10BrFO3. The molecule has 0 aliphatic heterocycles. The van der Waals surface area contributed by atoms with Crippen molar-refractivity contribution in [1.29, 1.82) is 0 Å². The van der Waals surface area contributed by atoms with Gasteiger partial charge in [-0.1, -0.05) is 15.9 Å². The molecule has 0 bridgehead atoms. The first-order valence-corrected chi connectivity index (χ1v) is 5.09. The second-order valence-corrected chi connectivity index (χ2v) is 3.92. The van der Waals surface area contributed by atoms with Crippen molar-refractivity contribution in [2.75, 3.05) is 0 Å². The molecule has 0 aliphatic carbocycles. The normalized spacial score (nSPS) is 14.3. The van der Waals surface area contributed by atoms with E-state index < -0.39 is 18.2 Å². The van der Waals surface area contributed by atoms with Gasteiger partial charge in [0.15, 0.2) is 0 Å². The van der Waals surface area contributed by atoms with E-state index in [0.717, 1.165) is 11.4 Å². The molecule has 0 radical (unpaired) electrons. The Balaban J connectivity index is 2.74. The van der Waals surface area contributed by atoms with Crippen LogP contribution in [0.4, 0.5) is 4.39 Å². The summed E-state index contributed by atoms with van der Waals surface area (Å²) >= 11 is 3.22. The SMILES string of the molecule is CC(F)C(Oc1ccc(Br)cc1)C(=O)O. The Morgan fingerprint density at radius 1 is 1.47 bits per heavy atom. The van der Waals surface area contributed by atoms with Crippen LogP contribution < -0.4 is 4.74 Å². The van der Waals surface area contributed by atoms with Crippen LogP contribution in [0.1, 0.15) is 6.92 Å². The van der Waals surface area contributed by atoms with E-state index in [1.165, 1.54) is 0 Å². The van der Waals surface area contributed by atoms with E-state index >= 15 is 0 Å². The van der Waals surface area contributed by atoms with Gasteiger partial charge < -0.3 is 9.84 Å². The Morgan fingerprint density at radius 3 is 2.40 bits per heavy atom. The number of carboxylic acid groups (broad SMARTS) is 1. The maximum absolute atomic E-state index is 12.9. The Bertz CT molecular complexity index is 337. The van der Waals surface area contributed by atoms with E-state index in [1.54, 1.807) is 24.3 Å². The summed E-state index contributed by atoms with van der Waals surface area (Å²) in [5.41, 5.74) is 0. The standard InChI is InChI=1S/C10H10BrFO3/c1-6(12)9(10(13)14)15-8-4-2-7(11)3-5-8/h2-6,9H,1H3,(H,13,14). The van der Waals surface area contributed by atoms with Crippen LogP contribution in [0.5, 0.6) is 5.75 Å². The van der Waals surface area contributed by atoms with Gasteiger partial charge in [0.2, 0.25) is 6.10 Å². The van der Waals surface area contributed by atoms with E-state index in [0.29, 0.717) is 5.75 Å². The summed E-state index contributed by atoms with van der Waals surface area (Å²) < 4.78 is 18.7. The molecule has 0 fully saturated rings. The molecule has 1 aromatic carbocycles. The Labute approximate surface area is 95.0 Å². The second-order valence-electron chi connectivity index (χ2n) is 3.01. The lowest BCUT2D eigenvalue weighted by atomic mass is 10.2. The monoisotopic (exact) mass is 276 g/mol. The number of hydrogen-bond donors (Lipinski definition) is 1. The minimum atomic E-state index is -1.56. The highest BCUT2D eigenvalue weighted by Crippen LogP contribution is 2.18. The van der Waals surface area contributed by atoms with Crippen LogP contribution in [0.15, 0.2) is 28.7 Å². The van der Waals surface area contributed by atoms with E-state index in [4.69, 9.17) is 9.84 Å². The van der Waals surface area contributed by atoms with Gasteiger partial charge >= 0.3 is 5.97 Å². The van der Waals surface area contributed by atoms with Crippen LogP contribution in [0.25, 0.3) is 0 Å². The van der Waals surface area contributed by atoms with Gasteiger partial charge in [-0.2, -0.15) is 0 Å². The summed E-state index contributed by atoms with van der Waals surface area (Å²) in [6.45, 7) is 1.15. The van der Waals surface area contributed by atoms with Crippen molar-refractivity contribution in [2.24, 2.45) is 0 Å². The summed E-state index contributed by atoms with van der Waals surface area (Å²) in [6, 6.07) is 6.53. The maximum atomic E-state index is 12.9. The average Bonchev–Trinajstić information content (AvgIpc) is 2.15. The molecule has 5 heteroatoms. The molecule has 0 amide bonds. The summed E-state index contributed by atoms with van der Waals surface area (Å²) in [5.74, 6) is -0.983. The quantitative estimate of drug-likeness (QED) is 0.920. The van der Waals surface area contributed by atoms with Crippen molar-refractivity contribution in [3.05, 3.63) is 28.7 Å². The first-order valence-electron chi connectivity index (χ1n) is 4.30. The zero-order chi connectivity index (χ0) is 11.4. The molecule has 0 spiro atoms. The topological polar surface area (TPSA) is 46.5 Å². The molecule has 0 saturated heterocycles. The number of benzene rings is 1. The van der Waals surface area contributed by atoms with E-state index in [2.05, 4.69) is 15.9 Å². The highest BCUT2D eigenvalue weighted by Gasteiger charge is 2.26. The zero-order valence-electron chi connectivity index (χ0n) is 7.98. The predicted octanol–water partition coefficient (Wildman–Crippen LogP) is 2.64. The van der Waals surface area contributed by atoms with Gasteiger partial charge in [-0.15, -0.1) is 0 Å². The first-order chi connectivity index (χ1) is 7.00. The highest BCUT2D eigenvalue weighted by atomic mass is 79.9. The van der Waals surface area contributed by atoms with Crippen LogP contribution in [0.3, 0.4) is 0 Å². The highest BCUT2D eigenvalue weighted by molar-refractivity contribution is 9.10. The number of alkyl halides is 1. The summed E-state index contributed by atoms with van der Waals surface area (Å²) in [6.07, 6.45) is -3.03. The number of rotatable bonds is 4. The smallest absolute Gasteiger partial charge is 0.348 e. The van der Waals surface area contributed by atoms with Crippen molar-refractivity contribution in [3.63, 3.8) is 0 Å². The van der Waals surface area contributed by atoms with E-state index in [-0.39, 0.29) is 0 Å². The summed E-state index contributed by atoms with van der Waals surface area (Å²) in [7, 11) is 0. The number of carbonyl (C=O) groups is 1. The van der Waals surface area contributed by atoms with Gasteiger partial charge in [0.1, 0.15) is 11.9 Å². The molecular weight excluding hydrogens is 267 g/mol. The molecule has 1 aromatic rings. The number of ether oxygens (including phenoxy) is 1. The lowest BCUT2D eigenvalue weighted by Gasteiger charge is -2.15. The van der Waals surface area contributed by atoms with Gasteiger partial charge in [-0.05, 0) is 31.2 Å². The minimum Gasteiger partial charge on any atom is -0.478 e. The molecule has 0 aromatic heterocycles. The Kier molecular flexibility index (Phi) is 4.08. The largest absolute Gasteiger partial charge is 0.478 e. The van der Waals surface area contributed by atoms with Gasteiger partial charge in [0.05, 0.1) is 0 Å². The minimum absolute atomic E-state index is 0.329.